The maximum atomic E-state index is 11.9. The molecule has 0 saturated heterocycles. The lowest BCUT2D eigenvalue weighted by atomic mass is 10.1. The Kier molecular flexibility index (Phi) is 3.88. The first kappa shape index (κ1) is 12.8. The summed E-state index contributed by atoms with van der Waals surface area (Å²) in [4.78, 5) is 22.9. The van der Waals surface area contributed by atoms with Crippen molar-refractivity contribution in [3.8, 4) is 0 Å². The van der Waals surface area contributed by atoms with Crippen molar-refractivity contribution in [1.29, 1.82) is 0 Å². The number of carbonyl (C=O) groups excluding carboxylic acids is 2. The molecule has 0 aliphatic rings. The second kappa shape index (κ2) is 5.78. The van der Waals surface area contributed by atoms with Crippen LogP contribution in [0, 0.1) is 0 Å². The molecule has 94 valence electrons. The number of hydrogen-bond acceptors (Lipinski definition) is 2. The number of ketones is 1. The SMILES string of the molecule is NC(=O)c1cccc(C=CC(=O)c2ccccc2)c1. The standard InChI is InChI=1S/C16H13NO2/c17-16(19)14-8-4-5-12(11-14)9-10-15(18)13-6-2-1-3-7-13/h1-11H,(H2,17,19). The Balaban J connectivity index is 2.17. The molecule has 0 bridgehead atoms. The van der Waals surface area contributed by atoms with E-state index in [1.807, 2.05) is 18.2 Å². The van der Waals surface area contributed by atoms with Crippen LogP contribution in [-0.2, 0) is 0 Å². The quantitative estimate of drug-likeness (QED) is 0.670. The number of nitrogens with two attached hydrogens (primary N) is 1. The molecule has 0 saturated carbocycles. The van der Waals surface area contributed by atoms with Crippen molar-refractivity contribution >= 4 is 17.8 Å². The normalized spacial score (nSPS) is 10.5. The Hall–Kier alpha value is -2.68. The summed E-state index contributed by atoms with van der Waals surface area (Å²) in [6.45, 7) is 0. The summed E-state index contributed by atoms with van der Waals surface area (Å²) < 4.78 is 0. The zero-order valence-electron chi connectivity index (χ0n) is 10.2. The van der Waals surface area contributed by atoms with Crippen LogP contribution in [0.2, 0.25) is 0 Å². The first-order valence-corrected chi connectivity index (χ1v) is 5.84. The highest BCUT2D eigenvalue weighted by Gasteiger charge is 2.01. The van der Waals surface area contributed by atoms with Gasteiger partial charge in [-0.3, -0.25) is 9.59 Å². The molecule has 2 aromatic carbocycles. The molecular weight excluding hydrogens is 238 g/mol. The van der Waals surface area contributed by atoms with E-state index in [1.165, 1.54) is 6.08 Å². The van der Waals surface area contributed by atoms with E-state index in [1.54, 1.807) is 42.5 Å². The Bertz CT molecular complexity index is 630. The zero-order valence-corrected chi connectivity index (χ0v) is 10.2. The van der Waals surface area contributed by atoms with Gasteiger partial charge in [0.25, 0.3) is 0 Å². The van der Waals surface area contributed by atoms with Crippen molar-refractivity contribution in [3.05, 3.63) is 77.4 Å². The second-order valence-corrected chi connectivity index (χ2v) is 4.05. The second-order valence-electron chi connectivity index (χ2n) is 4.05. The Morgan fingerprint density at radius 1 is 0.895 bits per heavy atom. The number of primary amides is 1. The van der Waals surface area contributed by atoms with Gasteiger partial charge in [-0.2, -0.15) is 0 Å². The highest BCUT2D eigenvalue weighted by atomic mass is 16.1. The molecular formula is C16H13NO2. The summed E-state index contributed by atoms with van der Waals surface area (Å²) in [5.74, 6) is -0.560. The minimum atomic E-state index is -0.482. The van der Waals surface area contributed by atoms with E-state index in [0.29, 0.717) is 11.1 Å². The van der Waals surface area contributed by atoms with Crippen LogP contribution >= 0.6 is 0 Å². The minimum absolute atomic E-state index is 0.0786. The molecule has 0 aliphatic carbocycles. The highest BCUT2D eigenvalue weighted by molar-refractivity contribution is 6.06. The van der Waals surface area contributed by atoms with E-state index < -0.39 is 5.91 Å². The number of hydrogen-bond donors (Lipinski definition) is 1. The Labute approximate surface area is 111 Å². The fourth-order valence-electron chi connectivity index (χ4n) is 1.67. The smallest absolute Gasteiger partial charge is 0.248 e. The third kappa shape index (κ3) is 3.39. The minimum Gasteiger partial charge on any atom is -0.366 e. The van der Waals surface area contributed by atoms with Crippen LogP contribution in [0.1, 0.15) is 26.3 Å². The fraction of sp³-hybridized carbons (Fsp3) is 0. The van der Waals surface area contributed by atoms with E-state index in [-0.39, 0.29) is 5.78 Å². The van der Waals surface area contributed by atoms with Gasteiger partial charge in [0.2, 0.25) is 5.91 Å². The van der Waals surface area contributed by atoms with Gasteiger partial charge in [0, 0.05) is 11.1 Å². The molecule has 3 nitrogen and oxygen atoms in total. The topological polar surface area (TPSA) is 60.2 Å². The van der Waals surface area contributed by atoms with Crippen LogP contribution in [-0.4, -0.2) is 11.7 Å². The number of benzene rings is 2. The molecule has 0 unspecified atom stereocenters. The van der Waals surface area contributed by atoms with Crippen molar-refractivity contribution < 1.29 is 9.59 Å². The maximum Gasteiger partial charge on any atom is 0.248 e. The average molecular weight is 251 g/mol. The lowest BCUT2D eigenvalue weighted by molar-refractivity contribution is 0.0999. The van der Waals surface area contributed by atoms with Crippen LogP contribution in [0.15, 0.2) is 60.7 Å². The molecule has 0 heterocycles. The van der Waals surface area contributed by atoms with E-state index >= 15 is 0 Å². The van der Waals surface area contributed by atoms with Gasteiger partial charge in [-0.1, -0.05) is 48.5 Å². The van der Waals surface area contributed by atoms with Crippen molar-refractivity contribution in [2.45, 2.75) is 0 Å². The molecule has 19 heavy (non-hydrogen) atoms. The van der Waals surface area contributed by atoms with Gasteiger partial charge >= 0.3 is 0 Å². The summed E-state index contributed by atoms with van der Waals surface area (Å²) >= 11 is 0. The molecule has 0 aromatic heterocycles. The van der Waals surface area contributed by atoms with Gasteiger partial charge < -0.3 is 5.73 Å². The van der Waals surface area contributed by atoms with Crippen LogP contribution in [0.5, 0.6) is 0 Å². The van der Waals surface area contributed by atoms with Crippen LogP contribution in [0.25, 0.3) is 6.08 Å². The van der Waals surface area contributed by atoms with E-state index in [4.69, 9.17) is 5.73 Å². The predicted molar refractivity (Wildman–Crippen MR) is 74.8 cm³/mol. The van der Waals surface area contributed by atoms with Gasteiger partial charge in [0.1, 0.15) is 0 Å². The summed E-state index contributed by atoms with van der Waals surface area (Å²) in [6, 6.07) is 15.8. The molecule has 0 atom stereocenters. The Morgan fingerprint density at radius 3 is 2.26 bits per heavy atom. The molecule has 2 N–H and O–H groups in total. The number of carbonyl (C=O) groups is 2. The number of allylic oxidation sites excluding steroid dienone is 1. The van der Waals surface area contributed by atoms with Gasteiger partial charge in [-0.15, -0.1) is 0 Å². The molecule has 2 aromatic rings. The molecule has 3 heteroatoms. The molecule has 1 amide bonds. The third-order valence-corrected chi connectivity index (χ3v) is 2.66. The van der Waals surface area contributed by atoms with Crippen molar-refractivity contribution in [1.82, 2.24) is 0 Å². The summed E-state index contributed by atoms with van der Waals surface area (Å²) in [5, 5.41) is 0. The van der Waals surface area contributed by atoms with E-state index in [9.17, 15) is 9.59 Å². The van der Waals surface area contributed by atoms with Gasteiger partial charge in [0.05, 0.1) is 0 Å². The third-order valence-electron chi connectivity index (χ3n) is 2.66. The monoisotopic (exact) mass is 251 g/mol. The summed E-state index contributed by atoms with van der Waals surface area (Å²) in [7, 11) is 0. The average Bonchev–Trinajstić information content (AvgIpc) is 2.46. The van der Waals surface area contributed by atoms with Crippen molar-refractivity contribution in [2.75, 3.05) is 0 Å². The summed E-state index contributed by atoms with van der Waals surface area (Å²) in [5.41, 5.74) is 7.02. The maximum absolute atomic E-state index is 11.9. The first-order chi connectivity index (χ1) is 9.16. The zero-order chi connectivity index (χ0) is 13.7. The lowest BCUT2D eigenvalue weighted by Gasteiger charge is -1.98. The van der Waals surface area contributed by atoms with Gasteiger partial charge in [0.15, 0.2) is 5.78 Å². The predicted octanol–water partition coefficient (Wildman–Crippen LogP) is 2.68. The fourth-order valence-corrected chi connectivity index (χ4v) is 1.67. The van der Waals surface area contributed by atoms with Crippen LogP contribution in [0.4, 0.5) is 0 Å². The Morgan fingerprint density at radius 2 is 1.58 bits per heavy atom. The van der Waals surface area contributed by atoms with Gasteiger partial charge in [-0.25, -0.2) is 0 Å². The van der Waals surface area contributed by atoms with Crippen molar-refractivity contribution in [3.63, 3.8) is 0 Å². The molecule has 0 aliphatic heterocycles. The van der Waals surface area contributed by atoms with E-state index in [2.05, 4.69) is 0 Å². The molecule has 2 rings (SSSR count). The van der Waals surface area contributed by atoms with Crippen LogP contribution < -0.4 is 5.73 Å². The molecule has 0 radical (unpaired) electrons. The highest BCUT2D eigenvalue weighted by Crippen LogP contribution is 2.08. The van der Waals surface area contributed by atoms with Crippen molar-refractivity contribution in [2.24, 2.45) is 5.73 Å². The number of rotatable bonds is 4. The molecule has 0 fully saturated rings. The van der Waals surface area contributed by atoms with Gasteiger partial charge in [-0.05, 0) is 23.8 Å². The molecule has 0 spiro atoms. The van der Waals surface area contributed by atoms with Crippen LogP contribution in [0.3, 0.4) is 0 Å². The number of amides is 1. The lowest BCUT2D eigenvalue weighted by Crippen LogP contribution is -2.10. The van der Waals surface area contributed by atoms with E-state index in [0.717, 1.165) is 5.56 Å². The largest absolute Gasteiger partial charge is 0.366 e. The first-order valence-electron chi connectivity index (χ1n) is 5.84. The summed E-state index contributed by atoms with van der Waals surface area (Å²) in [6.07, 6.45) is 3.15.